The van der Waals surface area contributed by atoms with E-state index >= 15 is 0 Å². The van der Waals surface area contributed by atoms with Crippen LogP contribution < -0.4 is 0 Å². The van der Waals surface area contributed by atoms with Gasteiger partial charge < -0.3 is 9.64 Å². The molecule has 0 saturated heterocycles. The van der Waals surface area contributed by atoms with E-state index in [0.29, 0.717) is 5.69 Å². The summed E-state index contributed by atoms with van der Waals surface area (Å²) < 4.78 is 5.14. The van der Waals surface area contributed by atoms with Crippen LogP contribution in [0.3, 0.4) is 0 Å². The molecule has 5 heteroatoms. The van der Waals surface area contributed by atoms with E-state index < -0.39 is 11.6 Å². The van der Waals surface area contributed by atoms with Gasteiger partial charge in [0.05, 0.1) is 0 Å². The number of rotatable bonds is 3. The van der Waals surface area contributed by atoms with Gasteiger partial charge >= 0.3 is 5.97 Å². The molecule has 1 aromatic rings. The SMILES string of the molecule is CN(CC(=O)OC(C)(C)C)C(=O)c1ccccn1. The second-order valence-electron chi connectivity index (χ2n) is 4.96. The number of pyridine rings is 1. The van der Waals surface area contributed by atoms with Crippen molar-refractivity contribution in [3.8, 4) is 0 Å². The molecule has 0 saturated carbocycles. The second-order valence-corrected chi connectivity index (χ2v) is 4.96. The number of nitrogens with zero attached hydrogens (tertiary/aromatic N) is 2. The predicted octanol–water partition coefficient (Wildman–Crippen LogP) is 1.50. The molecule has 0 bridgehead atoms. The minimum atomic E-state index is -0.550. The summed E-state index contributed by atoms with van der Waals surface area (Å²) >= 11 is 0. The molecule has 1 rings (SSSR count). The Labute approximate surface area is 107 Å². The number of hydrogen-bond acceptors (Lipinski definition) is 4. The molecule has 0 N–H and O–H groups in total. The van der Waals surface area contributed by atoms with E-state index in [1.807, 2.05) is 0 Å². The van der Waals surface area contributed by atoms with E-state index in [4.69, 9.17) is 4.74 Å². The lowest BCUT2D eigenvalue weighted by Crippen LogP contribution is -2.36. The van der Waals surface area contributed by atoms with Crippen LogP contribution in [0.5, 0.6) is 0 Å². The maximum atomic E-state index is 11.9. The second kappa shape index (κ2) is 5.62. The predicted molar refractivity (Wildman–Crippen MR) is 67.0 cm³/mol. The maximum Gasteiger partial charge on any atom is 0.326 e. The minimum absolute atomic E-state index is 0.0906. The van der Waals surface area contributed by atoms with E-state index in [-0.39, 0.29) is 12.5 Å². The Morgan fingerprint density at radius 2 is 2.00 bits per heavy atom. The van der Waals surface area contributed by atoms with Crippen molar-refractivity contribution >= 4 is 11.9 Å². The zero-order chi connectivity index (χ0) is 13.8. The van der Waals surface area contributed by atoms with E-state index in [1.165, 1.54) is 11.1 Å². The van der Waals surface area contributed by atoms with Crippen molar-refractivity contribution in [3.05, 3.63) is 30.1 Å². The van der Waals surface area contributed by atoms with Crippen LogP contribution in [0.2, 0.25) is 0 Å². The summed E-state index contributed by atoms with van der Waals surface area (Å²) in [6, 6.07) is 5.06. The van der Waals surface area contributed by atoms with Gasteiger partial charge in [-0.15, -0.1) is 0 Å². The van der Waals surface area contributed by atoms with Crippen molar-refractivity contribution in [3.63, 3.8) is 0 Å². The van der Waals surface area contributed by atoms with Crippen LogP contribution in [0.15, 0.2) is 24.4 Å². The monoisotopic (exact) mass is 250 g/mol. The highest BCUT2D eigenvalue weighted by Crippen LogP contribution is 2.08. The first kappa shape index (κ1) is 14.2. The largest absolute Gasteiger partial charge is 0.459 e. The van der Waals surface area contributed by atoms with E-state index in [2.05, 4.69) is 4.98 Å². The van der Waals surface area contributed by atoms with E-state index in [1.54, 1.807) is 46.0 Å². The molecular formula is C13H18N2O3. The summed E-state index contributed by atoms with van der Waals surface area (Å²) in [7, 11) is 1.54. The number of carbonyl (C=O) groups is 2. The number of carbonyl (C=O) groups excluding carboxylic acids is 2. The molecule has 1 heterocycles. The summed E-state index contributed by atoms with van der Waals surface area (Å²) in [4.78, 5) is 28.7. The highest BCUT2D eigenvalue weighted by Gasteiger charge is 2.20. The summed E-state index contributed by atoms with van der Waals surface area (Å²) in [5.74, 6) is -0.740. The van der Waals surface area contributed by atoms with Crippen molar-refractivity contribution in [2.75, 3.05) is 13.6 Å². The Hall–Kier alpha value is -1.91. The normalized spacial score (nSPS) is 10.9. The van der Waals surface area contributed by atoms with Crippen molar-refractivity contribution in [1.82, 2.24) is 9.88 Å². The smallest absolute Gasteiger partial charge is 0.326 e. The number of amides is 1. The Morgan fingerprint density at radius 1 is 1.33 bits per heavy atom. The average molecular weight is 250 g/mol. The third-order valence-corrected chi connectivity index (χ3v) is 2.02. The molecule has 18 heavy (non-hydrogen) atoms. The first-order valence-corrected chi connectivity index (χ1v) is 5.68. The molecule has 1 aromatic heterocycles. The molecule has 0 aliphatic carbocycles. The van der Waals surface area contributed by atoms with Gasteiger partial charge in [0.1, 0.15) is 17.8 Å². The van der Waals surface area contributed by atoms with Gasteiger partial charge in [0.2, 0.25) is 0 Å². The van der Waals surface area contributed by atoms with Crippen molar-refractivity contribution in [2.45, 2.75) is 26.4 Å². The Bertz CT molecular complexity index is 424. The maximum absolute atomic E-state index is 11.9. The summed E-state index contributed by atoms with van der Waals surface area (Å²) in [6.45, 7) is 5.26. The Kier molecular flexibility index (Phi) is 4.42. The average Bonchev–Trinajstić information content (AvgIpc) is 2.26. The van der Waals surface area contributed by atoms with E-state index in [0.717, 1.165) is 0 Å². The molecule has 0 spiro atoms. The number of likely N-dealkylation sites (N-methyl/N-ethyl adjacent to an activating group) is 1. The molecule has 5 nitrogen and oxygen atoms in total. The first-order valence-electron chi connectivity index (χ1n) is 5.68. The first-order chi connectivity index (χ1) is 8.29. The molecule has 0 aliphatic heterocycles. The number of ether oxygens (including phenoxy) is 1. The van der Waals surface area contributed by atoms with Gasteiger partial charge in [-0.2, -0.15) is 0 Å². The van der Waals surface area contributed by atoms with Crippen LogP contribution in [0.4, 0.5) is 0 Å². The lowest BCUT2D eigenvalue weighted by molar-refractivity contribution is -0.155. The summed E-state index contributed by atoms with van der Waals surface area (Å²) in [6.07, 6.45) is 1.54. The fourth-order valence-electron chi connectivity index (χ4n) is 1.32. The molecule has 0 fully saturated rings. The summed E-state index contributed by atoms with van der Waals surface area (Å²) in [5.41, 5.74) is -0.241. The van der Waals surface area contributed by atoms with Gasteiger partial charge in [-0.25, -0.2) is 0 Å². The molecule has 0 aromatic carbocycles. The molecule has 0 aliphatic rings. The lowest BCUT2D eigenvalue weighted by Gasteiger charge is -2.22. The lowest BCUT2D eigenvalue weighted by atomic mass is 10.2. The number of esters is 1. The van der Waals surface area contributed by atoms with Crippen LogP contribution in [0.1, 0.15) is 31.3 Å². The molecule has 0 atom stereocenters. The van der Waals surface area contributed by atoms with Crippen LogP contribution in [-0.2, 0) is 9.53 Å². The van der Waals surface area contributed by atoms with E-state index in [9.17, 15) is 9.59 Å². The standard InChI is InChI=1S/C13H18N2O3/c1-13(2,3)18-11(16)9-15(4)12(17)10-7-5-6-8-14-10/h5-8H,9H2,1-4H3. The summed E-state index contributed by atoms with van der Waals surface area (Å²) in [5, 5.41) is 0. The van der Waals surface area contributed by atoms with Crippen molar-refractivity contribution in [1.29, 1.82) is 0 Å². The Balaban J connectivity index is 2.59. The van der Waals surface area contributed by atoms with Crippen LogP contribution in [0, 0.1) is 0 Å². The Morgan fingerprint density at radius 3 is 2.50 bits per heavy atom. The van der Waals surface area contributed by atoms with Gasteiger partial charge in [-0.05, 0) is 32.9 Å². The number of aromatic nitrogens is 1. The van der Waals surface area contributed by atoms with Gasteiger partial charge in [-0.1, -0.05) is 6.07 Å². The third kappa shape index (κ3) is 4.53. The molecule has 1 amide bonds. The molecule has 0 radical (unpaired) electrons. The zero-order valence-electron chi connectivity index (χ0n) is 11.1. The van der Waals surface area contributed by atoms with Gasteiger partial charge in [0.25, 0.3) is 5.91 Å². The highest BCUT2D eigenvalue weighted by atomic mass is 16.6. The van der Waals surface area contributed by atoms with Crippen LogP contribution >= 0.6 is 0 Å². The van der Waals surface area contributed by atoms with Crippen molar-refractivity contribution < 1.29 is 14.3 Å². The van der Waals surface area contributed by atoms with Gasteiger partial charge in [-0.3, -0.25) is 14.6 Å². The highest BCUT2D eigenvalue weighted by molar-refractivity contribution is 5.94. The van der Waals surface area contributed by atoms with Crippen molar-refractivity contribution in [2.24, 2.45) is 0 Å². The third-order valence-electron chi connectivity index (χ3n) is 2.02. The molecular weight excluding hydrogens is 232 g/mol. The fraction of sp³-hybridized carbons (Fsp3) is 0.462. The quantitative estimate of drug-likeness (QED) is 0.763. The van der Waals surface area contributed by atoms with Gasteiger partial charge in [0.15, 0.2) is 0 Å². The molecule has 0 unspecified atom stereocenters. The topological polar surface area (TPSA) is 59.5 Å². The van der Waals surface area contributed by atoms with Gasteiger partial charge in [0, 0.05) is 13.2 Å². The molecule has 98 valence electrons. The van der Waals surface area contributed by atoms with Crippen LogP contribution in [0.25, 0.3) is 0 Å². The fourth-order valence-corrected chi connectivity index (χ4v) is 1.32. The zero-order valence-corrected chi connectivity index (χ0v) is 11.1. The van der Waals surface area contributed by atoms with Crippen LogP contribution in [-0.4, -0.2) is 41.0 Å². The minimum Gasteiger partial charge on any atom is -0.459 e. The number of hydrogen-bond donors (Lipinski definition) is 0.